The van der Waals surface area contributed by atoms with Crippen molar-refractivity contribution in [1.29, 1.82) is 0 Å². The minimum atomic E-state index is -0.345. The number of aromatic nitrogens is 1. The van der Waals surface area contributed by atoms with Gasteiger partial charge in [0, 0.05) is 18.8 Å². The second-order valence-corrected chi connectivity index (χ2v) is 8.00. The van der Waals surface area contributed by atoms with Crippen LogP contribution in [-0.2, 0) is 19.5 Å². The van der Waals surface area contributed by atoms with Gasteiger partial charge in [0.25, 0.3) is 11.5 Å². The molecule has 0 bridgehead atoms. The van der Waals surface area contributed by atoms with E-state index in [-0.39, 0.29) is 23.1 Å². The smallest absolute Gasteiger partial charge is 0.261 e. The van der Waals surface area contributed by atoms with Crippen LogP contribution in [0.1, 0.15) is 51.6 Å². The molecule has 2 N–H and O–H groups in total. The number of aromatic amines is 1. The van der Waals surface area contributed by atoms with Gasteiger partial charge in [-0.2, -0.15) is 0 Å². The first kappa shape index (κ1) is 20.1. The molecule has 0 saturated heterocycles. The number of hydrogen-bond acceptors (Lipinski definition) is 3. The Morgan fingerprint density at radius 2 is 1.80 bits per heavy atom. The zero-order valence-electron chi connectivity index (χ0n) is 17.2. The van der Waals surface area contributed by atoms with Crippen LogP contribution in [0, 0.1) is 0 Å². The van der Waals surface area contributed by atoms with Crippen molar-refractivity contribution in [2.24, 2.45) is 0 Å². The van der Waals surface area contributed by atoms with Crippen molar-refractivity contribution in [3.05, 3.63) is 105 Å². The van der Waals surface area contributed by atoms with E-state index < -0.39 is 0 Å². The number of pyridine rings is 1. The van der Waals surface area contributed by atoms with E-state index in [1.54, 1.807) is 6.07 Å². The summed E-state index contributed by atoms with van der Waals surface area (Å²) in [4.78, 5) is 30.3. The number of carbonyl (C=O) groups excluding carboxylic acids is 1. The molecule has 0 radical (unpaired) electrons. The summed E-state index contributed by atoms with van der Waals surface area (Å²) < 4.78 is 0. The minimum absolute atomic E-state index is 0.0430. The maximum Gasteiger partial charge on any atom is 0.261 e. The second-order valence-electron chi connectivity index (χ2n) is 8.00. The third-order valence-corrected chi connectivity index (χ3v) is 5.62. The third-order valence-electron chi connectivity index (χ3n) is 5.62. The van der Waals surface area contributed by atoms with Crippen LogP contribution in [-0.4, -0.2) is 22.8 Å². The summed E-state index contributed by atoms with van der Waals surface area (Å²) in [5.74, 6) is -0.317. The average Bonchev–Trinajstić information content (AvgIpc) is 2.74. The maximum atomic E-state index is 12.8. The molecule has 1 aliphatic carbocycles. The first-order valence-corrected chi connectivity index (χ1v) is 10.4. The molecule has 0 saturated carbocycles. The summed E-state index contributed by atoms with van der Waals surface area (Å²) in [6, 6.07) is 21.8. The van der Waals surface area contributed by atoms with Crippen LogP contribution in [0.4, 0.5) is 0 Å². The van der Waals surface area contributed by atoms with Gasteiger partial charge >= 0.3 is 0 Å². The Balaban J connectivity index is 1.42. The number of rotatable bonds is 6. The predicted octanol–water partition coefficient (Wildman–Crippen LogP) is 3.81. The number of nitrogens with one attached hydrogen (secondary N) is 2. The topological polar surface area (TPSA) is 65.2 Å². The number of aryl methyl sites for hydroxylation is 1. The lowest BCUT2D eigenvalue weighted by Gasteiger charge is -2.26. The largest absolute Gasteiger partial charge is 0.345 e. The number of hydrogen-bond donors (Lipinski definition) is 2. The highest BCUT2D eigenvalue weighted by Crippen LogP contribution is 2.29. The maximum absolute atomic E-state index is 12.8. The van der Waals surface area contributed by atoms with Gasteiger partial charge in [-0.05, 0) is 55.1 Å². The van der Waals surface area contributed by atoms with Gasteiger partial charge in [-0.3, -0.25) is 14.5 Å². The molecule has 3 aromatic rings. The molecule has 0 spiro atoms. The Hall–Kier alpha value is -3.18. The SMILES string of the molecule is CN(Cc1ccccc1)Cc1ccc(C(=O)NC2CCCc3ccccc32)c(=O)[nH]1. The normalized spacial score (nSPS) is 15.6. The van der Waals surface area contributed by atoms with E-state index in [4.69, 9.17) is 0 Å². The molecule has 0 fully saturated rings. The number of benzene rings is 2. The fourth-order valence-electron chi connectivity index (χ4n) is 4.17. The molecule has 0 aliphatic heterocycles. The second kappa shape index (κ2) is 9.09. The van der Waals surface area contributed by atoms with E-state index >= 15 is 0 Å². The third kappa shape index (κ3) is 4.69. The summed E-state index contributed by atoms with van der Waals surface area (Å²) in [6.07, 6.45) is 2.96. The lowest BCUT2D eigenvalue weighted by molar-refractivity contribution is 0.0931. The van der Waals surface area contributed by atoms with E-state index in [2.05, 4.69) is 39.5 Å². The highest BCUT2D eigenvalue weighted by atomic mass is 16.2. The monoisotopic (exact) mass is 401 g/mol. The summed E-state index contributed by atoms with van der Waals surface area (Å²) in [5, 5.41) is 3.06. The highest BCUT2D eigenvalue weighted by molar-refractivity contribution is 5.94. The standard InChI is InChI=1S/C25H27N3O2/c1-28(16-18-8-3-2-4-9-18)17-20-14-15-22(24(29)26-20)25(30)27-23-13-7-11-19-10-5-6-12-21(19)23/h2-6,8-10,12,14-15,23H,7,11,13,16-17H2,1H3,(H,26,29)(H,27,30). The molecule has 5 heteroatoms. The number of H-pyrrole nitrogens is 1. The van der Waals surface area contributed by atoms with Crippen LogP contribution in [0.2, 0.25) is 0 Å². The van der Waals surface area contributed by atoms with Gasteiger partial charge in [-0.1, -0.05) is 54.6 Å². The van der Waals surface area contributed by atoms with E-state index in [0.29, 0.717) is 6.54 Å². The molecule has 1 aromatic heterocycles. The van der Waals surface area contributed by atoms with Gasteiger partial charge in [0.05, 0.1) is 6.04 Å². The fraction of sp³-hybridized carbons (Fsp3) is 0.280. The molecule has 1 unspecified atom stereocenters. The van der Waals surface area contributed by atoms with Crippen molar-refractivity contribution in [2.75, 3.05) is 7.05 Å². The average molecular weight is 402 g/mol. The van der Waals surface area contributed by atoms with Crippen LogP contribution in [0.3, 0.4) is 0 Å². The number of amides is 1. The summed E-state index contributed by atoms with van der Waals surface area (Å²) in [7, 11) is 2.01. The fourth-order valence-corrected chi connectivity index (χ4v) is 4.17. The highest BCUT2D eigenvalue weighted by Gasteiger charge is 2.23. The number of nitrogens with zero attached hydrogens (tertiary/aromatic N) is 1. The van der Waals surface area contributed by atoms with Crippen molar-refractivity contribution >= 4 is 5.91 Å². The Morgan fingerprint density at radius 3 is 2.60 bits per heavy atom. The zero-order chi connectivity index (χ0) is 20.9. The van der Waals surface area contributed by atoms with Gasteiger partial charge in [-0.15, -0.1) is 0 Å². The van der Waals surface area contributed by atoms with Crippen molar-refractivity contribution in [1.82, 2.24) is 15.2 Å². The summed E-state index contributed by atoms with van der Waals surface area (Å²) >= 11 is 0. The quantitative estimate of drug-likeness (QED) is 0.660. The van der Waals surface area contributed by atoms with Crippen molar-refractivity contribution in [3.63, 3.8) is 0 Å². The first-order chi connectivity index (χ1) is 14.6. The molecule has 1 aliphatic rings. The van der Waals surface area contributed by atoms with Crippen molar-refractivity contribution in [3.8, 4) is 0 Å². The Labute approximate surface area is 176 Å². The molecule has 1 atom stereocenters. The van der Waals surface area contributed by atoms with Crippen molar-refractivity contribution in [2.45, 2.75) is 38.4 Å². The van der Waals surface area contributed by atoms with E-state index in [9.17, 15) is 9.59 Å². The van der Waals surface area contributed by atoms with E-state index in [1.165, 1.54) is 11.1 Å². The van der Waals surface area contributed by atoms with Gasteiger partial charge in [-0.25, -0.2) is 0 Å². The first-order valence-electron chi connectivity index (χ1n) is 10.4. The molecule has 154 valence electrons. The van der Waals surface area contributed by atoms with E-state index in [1.807, 2.05) is 43.4 Å². The van der Waals surface area contributed by atoms with Crippen LogP contribution in [0.15, 0.2) is 71.5 Å². The molecular weight excluding hydrogens is 374 g/mol. The van der Waals surface area contributed by atoms with Gasteiger partial charge in [0.1, 0.15) is 5.56 Å². The molecule has 1 heterocycles. The number of carbonyl (C=O) groups is 1. The summed E-state index contributed by atoms with van der Waals surface area (Å²) in [5.41, 5.74) is 4.26. The molecule has 2 aromatic carbocycles. The minimum Gasteiger partial charge on any atom is -0.345 e. The van der Waals surface area contributed by atoms with E-state index in [0.717, 1.165) is 37.1 Å². The lowest BCUT2D eigenvalue weighted by Crippen LogP contribution is -2.34. The van der Waals surface area contributed by atoms with Gasteiger partial charge < -0.3 is 10.3 Å². The molecule has 4 rings (SSSR count). The van der Waals surface area contributed by atoms with Gasteiger partial charge in [0.15, 0.2) is 0 Å². The lowest BCUT2D eigenvalue weighted by atomic mass is 9.87. The molecule has 30 heavy (non-hydrogen) atoms. The Bertz CT molecular complexity index is 1080. The zero-order valence-corrected chi connectivity index (χ0v) is 17.2. The van der Waals surface area contributed by atoms with Crippen molar-refractivity contribution < 1.29 is 4.79 Å². The molecule has 1 amide bonds. The van der Waals surface area contributed by atoms with Crippen LogP contribution in [0.5, 0.6) is 0 Å². The summed E-state index contributed by atoms with van der Waals surface area (Å²) in [6.45, 7) is 1.38. The van der Waals surface area contributed by atoms with Gasteiger partial charge in [0.2, 0.25) is 0 Å². The Morgan fingerprint density at radius 1 is 1.03 bits per heavy atom. The number of fused-ring (bicyclic) bond motifs is 1. The van der Waals surface area contributed by atoms with Crippen LogP contribution < -0.4 is 10.9 Å². The molecule has 5 nitrogen and oxygen atoms in total. The van der Waals surface area contributed by atoms with Crippen LogP contribution >= 0.6 is 0 Å². The predicted molar refractivity (Wildman–Crippen MR) is 118 cm³/mol. The molecular formula is C25H27N3O2. The Kier molecular flexibility index (Phi) is 6.10. The van der Waals surface area contributed by atoms with Crippen LogP contribution in [0.25, 0.3) is 0 Å².